The third-order valence-electron chi connectivity index (χ3n) is 4.51. The fourth-order valence-corrected chi connectivity index (χ4v) is 3.28. The molecule has 1 N–H and O–H groups in total. The zero-order valence-corrected chi connectivity index (χ0v) is 13.3. The minimum Gasteiger partial charge on any atom is -0.335 e. The van der Waals surface area contributed by atoms with Crippen LogP contribution in [0.5, 0.6) is 0 Å². The number of hydrogen-bond donors (Lipinski definition) is 1. The summed E-state index contributed by atoms with van der Waals surface area (Å²) in [5.74, 6) is 0.537. The predicted octanol–water partition coefficient (Wildman–Crippen LogP) is 3.22. The van der Waals surface area contributed by atoms with Gasteiger partial charge in [-0.3, -0.25) is 4.79 Å². The molecule has 1 aliphatic heterocycles. The Bertz CT molecular complexity index is 498. The first-order valence-corrected chi connectivity index (χ1v) is 8.29. The molecule has 114 valence electrons. The van der Waals surface area contributed by atoms with E-state index in [0.29, 0.717) is 18.0 Å². The number of amides is 1. The Labute approximate surface area is 131 Å². The minimum absolute atomic E-state index is 0.189. The number of piperidine rings is 1. The van der Waals surface area contributed by atoms with Crippen LogP contribution >= 0.6 is 11.6 Å². The molecule has 2 atom stereocenters. The van der Waals surface area contributed by atoms with Crippen LogP contribution in [-0.4, -0.2) is 29.4 Å². The molecule has 1 saturated heterocycles. The number of benzene rings is 1. The highest BCUT2D eigenvalue weighted by atomic mass is 35.5. The van der Waals surface area contributed by atoms with Crippen LogP contribution in [0.1, 0.15) is 38.2 Å². The second-order valence-electron chi connectivity index (χ2n) is 6.40. The van der Waals surface area contributed by atoms with E-state index < -0.39 is 0 Å². The average molecular weight is 307 g/mol. The van der Waals surface area contributed by atoms with Gasteiger partial charge in [0.25, 0.3) is 0 Å². The standard InChI is InChI=1S/C17H23ClN2O/c1-12-10-14(8-9-19-12)17(21)20(16-6-7-16)11-13-2-4-15(18)5-3-13/h2-5,12,14,16,19H,6-11H2,1H3/t12-,14-/m0/s1. The maximum absolute atomic E-state index is 12.9. The summed E-state index contributed by atoms with van der Waals surface area (Å²) in [7, 11) is 0. The lowest BCUT2D eigenvalue weighted by Crippen LogP contribution is -2.44. The molecular formula is C17H23ClN2O. The first-order valence-electron chi connectivity index (χ1n) is 7.92. The van der Waals surface area contributed by atoms with Gasteiger partial charge < -0.3 is 10.2 Å². The number of hydrogen-bond acceptors (Lipinski definition) is 2. The van der Waals surface area contributed by atoms with E-state index in [1.165, 1.54) is 5.56 Å². The summed E-state index contributed by atoms with van der Waals surface area (Å²) >= 11 is 5.94. The lowest BCUT2D eigenvalue weighted by molar-refractivity contribution is -0.138. The summed E-state index contributed by atoms with van der Waals surface area (Å²) in [5.41, 5.74) is 1.17. The molecule has 1 saturated carbocycles. The van der Waals surface area contributed by atoms with Crippen molar-refractivity contribution in [2.45, 2.75) is 51.2 Å². The molecule has 1 aliphatic carbocycles. The van der Waals surface area contributed by atoms with Gasteiger partial charge in [-0.25, -0.2) is 0 Å². The van der Waals surface area contributed by atoms with E-state index in [1.807, 2.05) is 24.3 Å². The van der Waals surface area contributed by atoms with Gasteiger partial charge in [0.1, 0.15) is 0 Å². The van der Waals surface area contributed by atoms with E-state index in [-0.39, 0.29) is 5.92 Å². The van der Waals surface area contributed by atoms with Crippen molar-refractivity contribution in [3.05, 3.63) is 34.9 Å². The van der Waals surface area contributed by atoms with E-state index in [1.54, 1.807) is 0 Å². The van der Waals surface area contributed by atoms with Crippen molar-refractivity contribution in [3.63, 3.8) is 0 Å². The van der Waals surface area contributed by atoms with Crippen LogP contribution in [-0.2, 0) is 11.3 Å². The summed E-state index contributed by atoms with van der Waals surface area (Å²) in [6.45, 7) is 3.84. The summed E-state index contributed by atoms with van der Waals surface area (Å²) in [6, 6.07) is 8.76. The quantitative estimate of drug-likeness (QED) is 0.926. The molecule has 0 spiro atoms. The van der Waals surface area contributed by atoms with Gasteiger partial charge in [0.2, 0.25) is 5.91 Å². The van der Waals surface area contributed by atoms with Gasteiger partial charge in [-0.15, -0.1) is 0 Å². The van der Waals surface area contributed by atoms with E-state index in [4.69, 9.17) is 11.6 Å². The number of carbonyl (C=O) groups excluding carboxylic acids is 1. The minimum atomic E-state index is 0.189. The molecule has 21 heavy (non-hydrogen) atoms. The number of nitrogens with one attached hydrogen (secondary N) is 1. The molecule has 1 heterocycles. The zero-order valence-electron chi connectivity index (χ0n) is 12.5. The maximum Gasteiger partial charge on any atom is 0.226 e. The number of rotatable bonds is 4. The van der Waals surface area contributed by atoms with Crippen molar-refractivity contribution in [3.8, 4) is 0 Å². The van der Waals surface area contributed by atoms with Crippen molar-refractivity contribution in [2.24, 2.45) is 5.92 Å². The lowest BCUT2D eigenvalue weighted by atomic mass is 9.91. The molecular weight excluding hydrogens is 284 g/mol. The van der Waals surface area contributed by atoms with E-state index in [2.05, 4.69) is 17.1 Å². The fourth-order valence-electron chi connectivity index (χ4n) is 3.15. The van der Waals surface area contributed by atoms with E-state index in [9.17, 15) is 4.79 Å². The second kappa shape index (κ2) is 6.37. The van der Waals surface area contributed by atoms with Crippen LogP contribution in [0.25, 0.3) is 0 Å². The largest absolute Gasteiger partial charge is 0.335 e. The number of halogens is 1. The SMILES string of the molecule is C[C@H]1C[C@@H](C(=O)N(Cc2ccc(Cl)cc2)C2CC2)CCN1. The van der Waals surface area contributed by atoms with Crippen molar-refractivity contribution < 1.29 is 4.79 Å². The average Bonchev–Trinajstić information content (AvgIpc) is 3.30. The molecule has 2 aliphatic rings. The Hall–Kier alpha value is -1.06. The summed E-state index contributed by atoms with van der Waals surface area (Å²) < 4.78 is 0. The molecule has 4 heteroatoms. The molecule has 3 nitrogen and oxygen atoms in total. The number of carbonyl (C=O) groups is 1. The topological polar surface area (TPSA) is 32.3 Å². The fraction of sp³-hybridized carbons (Fsp3) is 0.588. The van der Waals surface area contributed by atoms with Gasteiger partial charge in [-0.1, -0.05) is 23.7 Å². The highest BCUT2D eigenvalue weighted by Crippen LogP contribution is 2.31. The van der Waals surface area contributed by atoms with Gasteiger partial charge in [-0.05, 0) is 56.8 Å². The maximum atomic E-state index is 12.9. The van der Waals surface area contributed by atoms with Crippen LogP contribution in [0.2, 0.25) is 5.02 Å². The Balaban J connectivity index is 1.69. The Morgan fingerprint density at radius 3 is 2.62 bits per heavy atom. The van der Waals surface area contributed by atoms with Crippen molar-refractivity contribution in [1.82, 2.24) is 10.2 Å². The third kappa shape index (κ3) is 3.78. The molecule has 1 amide bonds. The molecule has 1 aromatic carbocycles. The first kappa shape index (κ1) is 14.9. The van der Waals surface area contributed by atoms with Gasteiger partial charge in [0.05, 0.1) is 0 Å². The van der Waals surface area contributed by atoms with Crippen LogP contribution < -0.4 is 5.32 Å². The van der Waals surface area contributed by atoms with Crippen LogP contribution in [0.3, 0.4) is 0 Å². The lowest BCUT2D eigenvalue weighted by Gasteiger charge is -2.32. The molecule has 2 fully saturated rings. The molecule has 0 unspecified atom stereocenters. The Morgan fingerprint density at radius 2 is 2.00 bits per heavy atom. The predicted molar refractivity (Wildman–Crippen MR) is 85.2 cm³/mol. The second-order valence-corrected chi connectivity index (χ2v) is 6.84. The van der Waals surface area contributed by atoms with E-state index >= 15 is 0 Å². The van der Waals surface area contributed by atoms with Crippen molar-refractivity contribution in [1.29, 1.82) is 0 Å². The highest BCUT2D eigenvalue weighted by molar-refractivity contribution is 6.30. The molecule has 1 aromatic rings. The summed E-state index contributed by atoms with van der Waals surface area (Å²) in [4.78, 5) is 15.0. The molecule has 3 rings (SSSR count). The zero-order chi connectivity index (χ0) is 14.8. The monoisotopic (exact) mass is 306 g/mol. The molecule has 0 bridgehead atoms. The summed E-state index contributed by atoms with van der Waals surface area (Å²) in [5, 5.41) is 4.17. The first-order chi connectivity index (χ1) is 10.1. The van der Waals surface area contributed by atoms with Crippen molar-refractivity contribution in [2.75, 3.05) is 6.54 Å². The van der Waals surface area contributed by atoms with E-state index in [0.717, 1.165) is 43.8 Å². The van der Waals surface area contributed by atoms with Crippen molar-refractivity contribution >= 4 is 17.5 Å². The van der Waals surface area contributed by atoms with Gasteiger partial charge >= 0.3 is 0 Å². The number of nitrogens with zero attached hydrogens (tertiary/aromatic N) is 1. The van der Waals surface area contributed by atoms with Crippen LogP contribution in [0.15, 0.2) is 24.3 Å². The van der Waals surface area contributed by atoms with Gasteiger partial charge in [0, 0.05) is 29.6 Å². The molecule has 0 aromatic heterocycles. The molecule has 0 radical (unpaired) electrons. The smallest absolute Gasteiger partial charge is 0.226 e. The third-order valence-corrected chi connectivity index (χ3v) is 4.76. The summed E-state index contributed by atoms with van der Waals surface area (Å²) in [6.07, 6.45) is 4.23. The normalized spacial score (nSPS) is 25.6. The van der Waals surface area contributed by atoms with Gasteiger partial charge in [-0.2, -0.15) is 0 Å². The van der Waals surface area contributed by atoms with Crippen LogP contribution in [0.4, 0.5) is 0 Å². The Morgan fingerprint density at radius 1 is 1.29 bits per heavy atom. The van der Waals surface area contributed by atoms with Crippen LogP contribution in [0, 0.1) is 5.92 Å². The van der Waals surface area contributed by atoms with Gasteiger partial charge in [0.15, 0.2) is 0 Å². The Kier molecular flexibility index (Phi) is 4.51. The highest BCUT2D eigenvalue weighted by Gasteiger charge is 2.36.